The van der Waals surface area contributed by atoms with Crippen LogP contribution in [0.1, 0.15) is 17.5 Å². The van der Waals surface area contributed by atoms with Crippen LogP contribution in [0, 0.1) is 6.92 Å². The van der Waals surface area contributed by atoms with E-state index in [0.717, 1.165) is 26.3 Å². The molecule has 3 rings (SSSR count). The highest BCUT2D eigenvalue weighted by Crippen LogP contribution is 2.21. The lowest BCUT2D eigenvalue weighted by Gasteiger charge is -2.34. The van der Waals surface area contributed by atoms with Crippen molar-refractivity contribution in [3.8, 4) is 0 Å². The van der Waals surface area contributed by atoms with E-state index < -0.39 is 0 Å². The average Bonchev–Trinajstić information content (AvgIpc) is 2.95. The van der Waals surface area contributed by atoms with Gasteiger partial charge in [-0.2, -0.15) is 0 Å². The molecule has 3 heterocycles. The van der Waals surface area contributed by atoms with Crippen LogP contribution in [-0.2, 0) is 4.74 Å². The molecular formula is C14H19N5O2. The Hall–Kier alpha value is -1.99. The molecule has 7 nitrogen and oxygen atoms in total. The van der Waals surface area contributed by atoms with E-state index in [9.17, 15) is 0 Å². The van der Waals surface area contributed by atoms with Crippen molar-refractivity contribution in [1.29, 1.82) is 0 Å². The molecule has 0 aliphatic carbocycles. The number of nitrogens with one attached hydrogen (secondary N) is 1. The summed E-state index contributed by atoms with van der Waals surface area (Å²) in [6, 6.07) is 4.71. The maximum Gasteiger partial charge on any atom is 0.315 e. The van der Waals surface area contributed by atoms with Crippen LogP contribution >= 0.6 is 0 Å². The van der Waals surface area contributed by atoms with Gasteiger partial charge in [-0.05, 0) is 11.6 Å². The number of hydrogen-bond donors (Lipinski definition) is 1. The number of hydrogen-bond acceptors (Lipinski definition) is 7. The highest BCUT2D eigenvalue weighted by atomic mass is 16.5. The normalized spacial score (nSPS) is 17.6. The molecule has 1 aliphatic rings. The minimum absolute atomic E-state index is 0.204. The fraction of sp³-hybridized carbons (Fsp3) is 0.500. The smallest absolute Gasteiger partial charge is 0.315 e. The second kappa shape index (κ2) is 6.64. The summed E-state index contributed by atoms with van der Waals surface area (Å²) < 4.78 is 10.8. The van der Waals surface area contributed by atoms with Gasteiger partial charge in [-0.1, -0.05) is 11.2 Å². The van der Waals surface area contributed by atoms with E-state index in [1.54, 1.807) is 13.1 Å². The number of morpholine rings is 1. The molecule has 0 aromatic carbocycles. The molecule has 2 aromatic heterocycles. The maximum atomic E-state index is 5.43. The zero-order valence-electron chi connectivity index (χ0n) is 12.0. The summed E-state index contributed by atoms with van der Waals surface area (Å²) in [5, 5.41) is 11.0. The van der Waals surface area contributed by atoms with E-state index in [1.165, 1.54) is 5.56 Å². The third-order valence-corrected chi connectivity index (χ3v) is 3.53. The topological polar surface area (TPSA) is 76.3 Å². The molecule has 0 spiro atoms. The summed E-state index contributed by atoms with van der Waals surface area (Å²) in [5.41, 5.74) is 1.17. The molecular weight excluding hydrogens is 270 g/mol. The van der Waals surface area contributed by atoms with Crippen LogP contribution in [0.2, 0.25) is 0 Å². The number of anilines is 1. The summed E-state index contributed by atoms with van der Waals surface area (Å²) in [6.45, 7) is 5.80. The van der Waals surface area contributed by atoms with Crippen molar-refractivity contribution < 1.29 is 9.15 Å². The van der Waals surface area contributed by atoms with Crippen LogP contribution in [0.4, 0.5) is 6.01 Å². The van der Waals surface area contributed by atoms with E-state index in [-0.39, 0.29) is 6.04 Å². The number of pyridine rings is 1. The molecule has 1 fully saturated rings. The Kier molecular flexibility index (Phi) is 4.42. The number of nitrogens with zero attached hydrogens (tertiary/aromatic N) is 4. The molecule has 0 amide bonds. The average molecular weight is 289 g/mol. The number of aromatic nitrogens is 3. The van der Waals surface area contributed by atoms with Gasteiger partial charge in [0.2, 0.25) is 5.89 Å². The highest BCUT2D eigenvalue weighted by Gasteiger charge is 2.23. The van der Waals surface area contributed by atoms with Gasteiger partial charge in [-0.15, -0.1) is 5.10 Å². The minimum atomic E-state index is 0.204. The van der Waals surface area contributed by atoms with Crippen LogP contribution in [0.25, 0.3) is 0 Å². The third-order valence-electron chi connectivity index (χ3n) is 3.53. The summed E-state index contributed by atoms with van der Waals surface area (Å²) >= 11 is 0. The molecule has 0 radical (unpaired) electrons. The second-order valence-electron chi connectivity index (χ2n) is 4.96. The number of ether oxygens (including phenoxy) is 1. The van der Waals surface area contributed by atoms with Crippen LogP contribution in [-0.4, -0.2) is 52.9 Å². The molecule has 1 atom stereocenters. The number of aryl methyl sites for hydroxylation is 1. The molecule has 0 saturated carbocycles. The first kappa shape index (κ1) is 14.0. The molecule has 1 saturated heterocycles. The van der Waals surface area contributed by atoms with Crippen molar-refractivity contribution in [2.75, 3.05) is 38.2 Å². The second-order valence-corrected chi connectivity index (χ2v) is 4.96. The minimum Gasteiger partial charge on any atom is -0.408 e. The Balaban J connectivity index is 1.72. The third kappa shape index (κ3) is 3.56. The molecule has 1 N–H and O–H groups in total. The lowest BCUT2D eigenvalue weighted by atomic mass is 10.1. The van der Waals surface area contributed by atoms with Crippen molar-refractivity contribution in [3.63, 3.8) is 0 Å². The molecule has 112 valence electrons. The first-order chi connectivity index (χ1) is 10.3. The van der Waals surface area contributed by atoms with Crippen molar-refractivity contribution in [1.82, 2.24) is 20.1 Å². The molecule has 0 bridgehead atoms. The van der Waals surface area contributed by atoms with E-state index in [2.05, 4.69) is 31.5 Å². The first-order valence-electron chi connectivity index (χ1n) is 7.08. The van der Waals surface area contributed by atoms with Gasteiger partial charge in [0, 0.05) is 39.0 Å². The number of rotatable bonds is 5. The Morgan fingerprint density at radius 3 is 2.86 bits per heavy atom. The Morgan fingerprint density at radius 2 is 2.19 bits per heavy atom. The highest BCUT2D eigenvalue weighted by molar-refractivity contribution is 5.22. The van der Waals surface area contributed by atoms with Gasteiger partial charge >= 0.3 is 6.01 Å². The van der Waals surface area contributed by atoms with Crippen LogP contribution < -0.4 is 5.32 Å². The monoisotopic (exact) mass is 289 g/mol. The first-order valence-corrected chi connectivity index (χ1v) is 7.08. The maximum absolute atomic E-state index is 5.43. The van der Waals surface area contributed by atoms with E-state index >= 15 is 0 Å². The molecule has 21 heavy (non-hydrogen) atoms. The Morgan fingerprint density at radius 1 is 1.33 bits per heavy atom. The molecule has 0 unspecified atom stereocenters. The zero-order chi connectivity index (χ0) is 14.5. The van der Waals surface area contributed by atoms with Crippen molar-refractivity contribution in [2.45, 2.75) is 13.0 Å². The van der Waals surface area contributed by atoms with Crippen LogP contribution in [0.5, 0.6) is 0 Å². The summed E-state index contributed by atoms with van der Waals surface area (Å²) in [4.78, 5) is 6.61. The van der Waals surface area contributed by atoms with E-state index in [4.69, 9.17) is 9.15 Å². The van der Waals surface area contributed by atoms with Crippen molar-refractivity contribution in [2.24, 2.45) is 0 Å². The molecule has 1 aliphatic heterocycles. The summed E-state index contributed by atoms with van der Waals surface area (Å²) in [7, 11) is 0. The van der Waals surface area contributed by atoms with Crippen molar-refractivity contribution >= 4 is 6.01 Å². The van der Waals surface area contributed by atoms with Gasteiger partial charge in [0.1, 0.15) is 0 Å². The lowest BCUT2D eigenvalue weighted by molar-refractivity contribution is 0.0185. The Bertz CT molecular complexity index is 554. The predicted octanol–water partition coefficient (Wildman–Crippen LogP) is 1.26. The summed E-state index contributed by atoms with van der Waals surface area (Å²) in [5.74, 6) is 0.557. The standard InChI is InChI=1S/C14H19N5O2/c1-11-17-18-14(21-11)16-10-13(12-3-2-4-15-9-12)19-5-7-20-8-6-19/h2-4,9,13H,5-8,10H2,1H3,(H,16,18)/t13-/m0/s1. The van der Waals surface area contributed by atoms with Crippen LogP contribution in [0.3, 0.4) is 0 Å². The SMILES string of the molecule is Cc1nnc(NC[C@@H](c2cccnc2)N2CCOCC2)o1. The van der Waals surface area contributed by atoms with Crippen molar-refractivity contribution in [3.05, 3.63) is 36.0 Å². The largest absolute Gasteiger partial charge is 0.408 e. The zero-order valence-corrected chi connectivity index (χ0v) is 12.0. The van der Waals surface area contributed by atoms with Gasteiger partial charge in [0.25, 0.3) is 0 Å². The fourth-order valence-corrected chi connectivity index (χ4v) is 2.47. The van der Waals surface area contributed by atoms with Gasteiger partial charge in [-0.25, -0.2) is 0 Å². The molecule has 2 aromatic rings. The predicted molar refractivity (Wildman–Crippen MR) is 76.9 cm³/mol. The van der Waals surface area contributed by atoms with Gasteiger partial charge in [0.15, 0.2) is 0 Å². The van der Waals surface area contributed by atoms with E-state index in [0.29, 0.717) is 18.5 Å². The molecule has 7 heteroatoms. The van der Waals surface area contributed by atoms with E-state index in [1.807, 2.05) is 12.3 Å². The van der Waals surface area contributed by atoms with Gasteiger partial charge in [0.05, 0.1) is 19.3 Å². The fourth-order valence-electron chi connectivity index (χ4n) is 2.47. The quantitative estimate of drug-likeness (QED) is 0.888. The van der Waals surface area contributed by atoms with Crippen LogP contribution in [0.15, 0.2) is 28.9 Å². The van der Waals surface area contributed by atoms with Gasteiger partial charge in [-0.3, -0.25) is 9.88 Å². The van der Waals surface area contributed by atoms with Gasteiger partial charge < -0.3 is 14.5 Å². The lowest BCUT2D eigenvalue weighted by Crippen LogP contribution is -2.41. The Labute approximate surface area is 123 Å². The summed E-state index contributed by atoms with van der Waals surface area (Å²) in [6.07, 6.45) is 3.69.